The Morgan fingerprint density at radius 2 is 1.89 bits per heavy atom. The molecule has 0 bridgehead atoms. The number of rotatable bonds is 1. The van der Waals surface area contributed by atoms with E-state index in [1.54, 1.807) is 7.11 Å². The van der Waals surface area contributed by atoms with Gasteiger partial charge in [-0.2, -0.15) is 4.98 Å². The summed E-state index contributed by atoms with van der Waals surface area (Å²) in [6.07, 6.45) is 0. The van der Waals surface area contributed by atoms with Crippen molar-refractivity contribution in [1.82, 2.24) is 9.97 Å². The lowest BCUT2D eigenvalue weighted by molar-refractivity contribution is 0.415. The molecular weight excluding hydrogens is 228 g/mol. The highest BCUT2D eigenvalue weighted by molar-refractivity contribution is 6.11. The smallest absolute Gasteiger partial charge is 0.222 e. The molecule has 0 saturated heterocycles. The minimum atomic E-state index is 0.188. The van der Waals surface area contributed by atoms with Crippen LogP contribution in [0.5, 0.6) is 5.75 Å². The molecule has 0 aliphatic carbocycles. The Balaban J connectivity index is 2.46. The van der Waals surface area contributed by atoms with Crippen molar-refractivity contribution < 1.29 is 4.74 Å². The van der Waals surface area contributed by atoms with Gasteiger partial charge in [-0.3, -0.25) is 0 Å². The summed E-state index contributed by atoms with van der Waals surface area (Å²) in [7, 11) is 1.64. The highest BCUT2D eigenvalue weighted by atomic mass is 16.5. The molecule has 0 unspecified atom stereocenters. The number of nitrogens with two attached hydrogens (primary N) is 2. The van der Waals surface area contributed by atoms with Crippen LogP contribution < -0.4 is 16.2 Å². The van der Waals surface area contributed by atoms with Crippen molar-refractivity contribution in [1.29, 1.82) is 0 Å². The molecule has 18 heavy (non-hydrogen) atoms. The maximum atomic E-state index is 5.93. The predicted octanol–water partition coefficient (Wildman–Crippen LogP) is 1.96. The Hall–Kier alpha value is -2.56. The van der Waals surface area contributed by atoms with E-state index in [2.05, 4.69) is 9.97 Å². The van der Waals surface area contributed by atoms with Crippen molar-refractivity contribution in [3.63, 3.8) is 0 Å². The molecule has 0 spiro atoms. The molecule has 0 fully saturated rings. The standard InChI is InChI=1S/C13H12N4O/c1-18-8-3-4-9-7(6-8)2-5-10-11(9)12(14)17-13(15)16-10/h2-6H,1H3,(H4,14,15,16,17). The molecule has 2 aromatic carbocycles. The van der Waals surface area contributed by atoms with E-state index in [-0.39, 0.29) is 5.95 Å². The lowest BCUT2D eigenvalue weighted by atomic mass is 10.1. The van der Waals surface area contributed by atoms with Crippen molar-refractivity contribution in [2.75, 3.05) is 18.6 Å². The van der Waals surface area contributed by atoms with Gasteiger partial charge >= 0.3 is 0 Å². The first-order valence-electron chi connectivity index (χ1n) is 5.48. The summed E-state index contributed by atoms with van der Waals surface area (Å²) in [5, 5.41) is 2.84. The highest BCUT2D eigenvalue weighted by Crippen LogP contribution is 2.30. The Bertz CT molecular complexity index is 755. The molecular formula is C13H12N4O. The number of ether oxygens (including phenoxy) is 1. The van der Waals surface area contributed by atoms with Gasteiger partial charge in [-0.25, -0.2) is 4.98 Å². The molecule has 4 N–H and O–H groups in total. The summed E-state index contributed by atoms with van der Waals surface area (Å²) >= 11 is 0. The summed E-state index contributed by atoms with van der Waals surface area (Å²) in [4.78, 5) is 8.19. The van der Waals surface area contributed by atoms with Crippen LogP contribution in [0.3, 0.4) is 0 Å². The first kappa shape index (κ1) is 10.6. The third kappa shape index (κ3) is 1.48. The van der Waals surface area contributed by atoms with Gasteiger partial charge in [0.2, 0.25) is 5.95 Å². The van der Waals surface area contributed by atoms with E-state index in [1.807, 2.05) is 30.3 Å². The van der Waals surface area contributed by atoms with Crippen LogP contribution in [0.1, 0.15) is 0 Å². The van der Waals surface area contributed by atoms with Crippen LogP contribution >= 0.6 is 0 Å². The van der Waals surface area contributed by atoms with E-state index in [4.69, 9.17) is 16.2 Å². The molecule has 0 aliphatic heterocycles. The third-order valence-electron chi connectivity index (χ3n) is 2.93. The molecule has 1 heterocycles. The normalized spacial score (nSPS) is 10.9. The number of aromatic nitrogens is 2. The van der Waals surface area contributed by atoms with E-state index in [9.17, 15) is 0 Å². The zero-order chi connectivity index (χ0) is 12.7. The summed E-state index contributed by atoms with van der Waals surface area (Å²) < 4.78 is 5.20. The highest BCUT2D eigenvalue weighted by Gasteiger charge is 2.08. The van der Waals surface area contributed by atoms with Gasteiger partial charge in [0.15, 0.2) is 0 Å². The Morgan fingerprint density at radius 3 is 2.67 bits per heavy atom. The monoisotopic (exact) mass is 240 g/mol. The zero-order valence-electron chi connectivity index (χ0n) is 9.84. The molecule has 5 nitrogen and oxygen atoms in total. The summed E-state index contributed by atoms with van der Waals surface area (Å²) in [6.45, 7) is 0. The first-order valence-corrected chi connectivity index (χ1v) is 5.48. The van der Waals surface area contributed by atoms with E-state index in [0.717, 1.165) is 27.4 Å². The molecule has 1 aromatic heterocycles. The number of benzene rings is 2. The van der Waals surface area contributed by atoms with Gasteiger partial charge < -0.3 is 16.2 Å². The van der Waals surface area contributed by atoms with Gasteiger partial charge in [0.25, 0.3) is 0 Å². The van der Waals surface area contributed by atoms with Crippen molar-refractivity contribution in [2.24, 2.45) is 0 Å². The fourth-order valence-electron chi connectivity index (χ4n) is 2.11. The zero-order valence-corrected chi connectivity index (χ0v) is 9.84. The van der Waals surface area contributed by atoms with Gasteiger partial charge in [-0.15, -0.1) is 0 Å². The maximum absolute atomic E-state index is 5.93. The second kappa shape index (κ2) is 3.73. The Labute approximate surface area is 103 Å². The van der Waals surface area contributed by atoms with Crippen LogP contribution in [-0.2, 0) is 0 Å². The van der Waals surface area contributed by atoms with Crippen molar-refractivity contribution in [3.8, 4) is 5.75 Å². The van der Waals surface area contributed by atoms with E-state index >= 15 is 0 Å². The molecule has 0 aliphatic rings. The van der Waals surface area contributed by atoms with Gasteiger partial charge in [-0.1, -0.05) is 6.07 Å². The topological polar surface area (TPSA) is 87.0 Å². The number of anilines is 2. The molecule has 0 saturated carbocycles. The molecule has 90 valence electrons. The van der Waals surface area contributed by atoms with Crippen molar-refractivity contribution in [2.45, 2.75) is 0 Å². The van der Waals surface area contributed by atoms with E-state index in [1.165, 1.54) is 0 Å². The average Bonchev–Trinajstić information content (AvgIpc) is 2.37. The predicted molar refractivity (Wildman–Crippen MR) is 72.4 cm³/mol. The number of nitrogens with zero attached hydrogens (tertiary/aromatic N) is 2. The quantitative estimate of drug-likeness (QED) is 0.635. The number of fused-ring (bicyclic) bond motifs is 3. The maximum Gasteiger partial charge on any atom is 0.222 e. The van der Waals surface area contributed by atoms with Crippen LogP contribution in [0.15, 0.2) is 30.3 Å². The number of methoxy groups -OCH3 is 1. The SMILES string of the molecule is COc1ccc2c(ccc3nc(N)nc(N)c32)c1. The fraction of sp³-hybridized carbons (Fsp3) is 0.0769. The van der Waals surface area contributed by atoms with Crippen LogP contribution in [0.4, 0.5) is 11.8 Å². The van der Waals surface area contributed by atoms with Crippen LogP contribution in [0, 0.1) is 0 Å². The van der Waals surface area contributed by atoms with Gasteiger partial charge in [0.05, 0.1) is 18.0 Å². The number of hydrogen-bond acceptors (Lipinski definition) is 5. The van der Waals surface area contributed by atoms with Gasteiger partial charge in [-0.05, 0) is 35.0 Å². The third-order valence-corrected chi connectivity index (χ3v) is 2.93. The molecule has 3 rings (SSSR count). The molecule has 3 aromatic rings. The van der Waals surface area contributed by atoms with Crippen molar-refractivity contribution >= 4 is 33.4 Å². The second-order valence-corrected chi connectivity index (χ2v) is 4.01. The van der Waals surface area contributed by atoms with Gasteiger partial charge in [0.1, 0.15) is 11.6 Å². The first-order chi connectivity index (χ1) is 8.69. The minimum absolute atomic E-state index is 0.188. The fourth-order valence-corrected chi connectivity index (χ4v) is 2.11. The summed E-state index contributed by atoms with van der Waals surface area (Å²) in [5.74, 6) is 1.39. The van der Waals surface area contributed by atoms with E-state index < -0.39 is 0 Å². The van der Waals surface area contributed by atoms with E-state index in [0.29, 0.717) is 5.82 Å². The Kier molecular flexibility index (Phi) is 2.19. The Morgan fingerprint density at radius 1 is 1.06 bits per heavy atom. The lowest BCUT2D eigenvalue weighted by Crippen LogP contribution is -2.00. The van der Waals surface area contributed by atoms with Crippen LogP contribution in [0.2, 0.25) is 0 Å². The molecule has 5 heteroatoms. The minimum Gasteiger partial charge on any atom is -0.497 e. The largest absolute Gasteiger partial charge is 0.497 e. The molecule has 0 radical (unpaired) electrons. The summed E-state index contributed by atoms with van der Waals surface area (Å²) in [6, 6.07) is 9.63. The van der Waals surface area contributed by atoms with Gasteiger partial charge in [0, 0.05) is 0 Å². The molecule has 0 atom stereocenters. The number of nitrogen functional groups attached to an aromatic ring is 2. The number of hydrogen-bond donors (Lipinski definition) is 2. The molecule has 0 amide bonds. The summed E-state index contributed by atoms with van der Waals surface area (Å²) in [5.41, 5.74) is 12.3. The van der Waals surface area contributed by atoms with Crippen LogP contribution in [0.25, 0.3) is 21.7 Å². The van der Waals surface area contributed by atoms with Crippen LogP contribution in [-0.4, -0.2) is 17.1 Å². The van der Waals surface area contributed by atoms with Crippen molar-refractivity contribution in [3.05, 3.63) is 30.3 Å². The average molecular weight is 240 g/mol. The lowest BCUT2D eigenvalue weighted by Gasteiger charge is -2.07. The second-order valence-electron chi connectivity index (χ2n) is 4.01.